The lowest BCUT2D eigenvalue weighted by molar-refractivity contribution is -0.646. The van der Waals surface area contributed by atoms with Gasteiger partial charge in [-0.25, -0.2) is 0 Å². The van der Waals surface area contributed by atoms with Gasteiger partial charge < -0.3 is 31.1 Å². The zero-order valence-electron chi connectivity index (χ0n) is 37.7. The third-order valence-electron chi connectivity index (χ3n) is 11.9. The number of aryl methyl sites for hydroxylation is 2. The van der Waals surface area contributed by atoms with Crippen LogP contribution < -0.4 is 40.2 Å². The van der Waals surface area contributed by atoms with Crippen molar-refractivity contribution in [1.82, 2.24) is 21.3 Å². The van der Waals surface area contributed by atoms with Crippen molar-refractivity contribution in [2.24, 2.45) is 0 Å². The second-order valence-electron chi connectivity index (χ2n) is 17.1. The Morgan fingerprint density at radius 3 is 1.23 bits per heavy atom. The summed E-state index contributed by atoms with van der Waals surface area (Å²) in [5, 5.41) is 17.8. The third kappa shape index (κ3) is 12.4. The van der Waals surface area contributed by atoms with Crippen molar-refractivity contribution >= 4 is 66.8 Å². The molecule has 10 nitrogen and oxygen atoms in total. The molecule has 0 fully saturated rings. The maximum absolute atomic E-state index is 12.6. The molecule has 0 unspecified atom stereocenters. The van der Waals surface area contributed by atoms with Crippen LogP contribution in [0.3, 0.4) is 0 Å². The lowest BCUT2D eigenvalue weighted by atomic mass is 10.0. The van der Waals surface area contributed by atoms with E-state index in [1.807, 2.05) is 14.1 Å². The van der Waals surface area contributed by atoms with Crippen LogP contribution in [0.15, 0.2) is 84.9 Å². The van der Waals surface area contributed by atoms with E-state index < -0.39 is 0 Å². The predicted octanol–water partition coefficient (Wildman–Crippen LogP) is 7.67. The molecule has 0 atom stereocenters. The number of nitrogens with one attached hydrogen (secondary N) is 4. The number of carbonyl (C=O) groups excluding carboxylic acids is 2. The van der Waals surface area contributed by atoms with Crippen molar-refractivity contribution in [1.29, 1.82) is 0 Å². The average Bonchev–Trinajstić information content (AvgIpc) is 3.25. The highest BCUT2D eigenvalue weighted by atomic mass is 16.2. The van der Waals surface area contributed by atoms with Gasteiger partial charge in [0.1, 0.15) is 13.1 Å². The van der Waals surface area contributed by atoms with Gasteiger partial charge in [-0.05, 0) is 119 Å². The predicted molar refractivity (Wildman–Crippen MR) is 254 cm³/mol. The van der Waals surface area contributed by atoms with Gasteiger partial charge in [0.15, 0.2) is 0 Å². The summed E-state index contributed by atoms with van der Waals surface area (Å²) in [6.45, 7) is 4.86. The number of pyridine rings is 2. The SMILES string of the molecule is CNCc1ccc2cc3ccc(CNC)cc3[n+](CCCCCC(=O)NCCCCCNC(=O)CCCCC[n+]3c4cc(N(C)C)ccc4cc4ccc(N(C)C)cc43)c2c1. The Morgan fingerprint density at radius 2 is 0.836 bits per heavy atom. The molecule has 2 aromatic heterocycles. The van der Waals surface area contributed by atoms with Crippen LogP contribution in [0.5, 0.6) is 0 Å². The molecule has 10 heteroatoms. The van der Waals surface area contributed by atoms with E-state index in [0.29, 0.717) is 25.9 Å². The molecule has 6 rings (SSSR count). The van der Waals surface area contributed by atoms with Gasteiger partial charge in [-0.1, -0.05) is 12.1 Å². The standard InChI is InChI=1S/C51H68N8O2/c1-52-36-38-18-20-40-32-41-21-19-39(37-53-2)31-47(41)58(46(40)30-38)28-14-7-10-16-50(60)54-26-12-9-13-27-55-51(61)17-11-8-15-29-59-48-34-44(56(3)4)24-22-42(48)33-43-23-25-45(57(5)6)35-49(43)59/h18-25,30-35,52-53H,7-17,26-29,36-37H2,1-6H3/p+2. The van der Waals surface area contributed by atoms with Gasteiger partial charge in [-0.15, -0.1) is 0 Å². The zero-order valence-corrected chi connectivity index (χ0v) is 37.7. The fourth-order valence-corrected chi connectivity index (χ4v) is 8.45. The Labute approximate surface area is 363 Å². The first-order chi connectivity index (χ1) is 29.6. The molecule has 61 heavy (non-hydrogen) atoms. The molecule has 0 aliphatic rings. The van der Waals surface area contributed by atoms with Crippen molar-refractivity contribution < 1.29 is 18.7 Å². The molecular formula is C51H70N8O2+2. The first-order valence-corrected chi connectivity index (χ1v) is 22.6. The summed E-state index contributed by atoms with van der Waals surface area (Å²) < 4.78 is 4.94. The summed E-state index contributed by atoms with van der Waals surface area (Å²) >= 11 is 0. The van der Waals surface area contributed by atoms with Gasteiger partial charge in [0.05, 0.1) is 0 Å². The number of amides is 2. The Hall–Kier alpha value is -5.32. The summed E-state index contributed by atoms with van der Waals surface area (Å²) in [6, 6.07) is 31.5. The molecule has 0 radical (unpaired) electrons. The molecule has 0 aliphatic heterocycles. The first-order valence-electron chi connectivity index (χ1n) is 22.6. The first kappa shape index (κ1) is 45.2. The number of anilines is 2. The van der Waals surface area contributed by atoms with Crippen molar-refractivity contribution in [3.63, 3.8) is 0 Å². The van der Waals surface area contributed by atoms with E-state index >= 15 is 0 Å². The van der Waals surface area contributed by atoms with Crippen LogP contribution in [0, 0.1) is 0 Å². The number of unbranched alkanes of at least 4 members (excludes halogenated alkanes) is 6. The number of nitrogens with zero attached hydrogens (tertiary/aromatic N) is 4. The van der Waals surface area contributed by atoms with Crippen molar-refractivity contribution in [2.75, 3.05) is 65.2 Å². The summed E-state index contributed by atoms with van der Waals surface area (Å²) in [4.78, 5) is 29.6. The Bertz CT molecular complexity index is 2280. The number of hydrogen-bond donors (Lipinski definition) is 4. The summed E-state index contributed by atoms with van der Waals surface area (Å²) in [5.41, 5.74) is 9.92. The van der Waals surface area contributed by atoms with Gasteiger partial charge in [-0.3, -0.25) is 9.59 Å². The minimum atomic E-state index is 0.131. The Kier molecular flexibility index (Phi) is 16.7. The van der Waals surface area contributed by atoms with Gasteiger partial charge in [-0.2, -0.15) is 9.13 Å². The summed E-state index contributed by atoms with van der Waals surface area (Å²) in [7, 11) is 12.3. The van der Waals surface area contributed by atoms with E-state index in [2.05, 4.69) is 153 Å². The molecule has 0 saturated heterocycles. The van der Waals surface area contributed by atoms with Gasteiger partial charge in [0.25, 0.3) is 0 Å². The second kappa shape index (κ2) is 22.5. The third-order valence-corrected chi connectivity index (χ3v) is 11.9. The number of benzene rings is 4. The normalized spacial score (nSPS) is 11.5. The lowest BCUT2D eigenvalue weighted by Gasteiger charge is -2.15. The van der Waals surface area contributed by atoms with E-state index in [4.69, 9.17) is 0 Å². The molecular weight excluding hydrogens is 757 g/mol. The fourth-order valence-electron chi connectivity index (χ4n) is 8.45. The molecule has 0 spiro atoms. The van der Waals surface area contributed by atoms with Crippen LogP contribution in [0.1, 0.15) is 81.8 Å². The van der Waals surface area contributed by atoms with Crippen molar-refractivity contribution in [3.05, 3.63) is 96.1 Å². The van der Waals surface area contributed by atoms with Crippen LogP contribution >= 0.6 is 0 Å². The monoisotopic (exact) mass is 827 g/mol. The quantitative estimate of drug-likeness (QED) is 0.0285. The van der Waals surface area contributed by atoms with Crippen molar-refractivity contribution in [3.8, 4) is 0 Å². The molecule has 4 N–H and O–H groups in total. The molecule has 0 bridgehead atoms. The lowest BCUT2D eigenvalue weighted by Crippen LogP contribution is -2.36. The molecule has 4 aromatic carbocycles. The molecule has 324 valence electrons. The second-order valence-corrected chi connectivity index (χ2v) is 17.1. The Balaban J connectivity index is 0.856. The number of hydrogen-bond acceptors (Lipinski definition) is 6. The number of aromatic nitrogens is 2. The number of fused-ring (bicyclic) bond motifs is 4. The minimum absolute atomic E-state index is 0.131. The van der Waals surface area contributed by atoms with E-state index in [0.717, 1.165) is 84.0 Å². The Morgan fingerprint density at radius 1 is 0.459 bits per heavy atom. The molecule has 0 saturated carbocycles. The van der Waals surface area contributed by atoms with Crippen molar-refractivity contribution in [2.45, 2.75) is 96.8 Å². The topological polar surface area (TPSA) is 96.5 Å². The van der Waals surface area contributed by atoms with Crippen LogP contribution in [-0.4, -0.2) is 67.2 Å². The highest BCUT2D eigenvalue weighted by Gasteiger charge is 2.19. The maximum atomic E-state index is 12.6. The van der Waals surface area contributed by atoms with Crippen LogP contribution in [0.2, 0.25) is 0 Å². The van der Waals surface area contributed by atoms with Crippen LogP contribution in [-0.2, 0) is 35.8 Å². The number of rotatable bonds is 24. The van der Waals surface area contributed by atoms with Crippen LogP contribution in [0.4, 0.5) is 11.4 Å². The van der Waals surface area contributed by atoms with Crippen LogP contribution in [0.25, 0.3) is 43.6 Å². The summed E-state index contributed by atoms with van der Waals surface area (Å²) in [6.07, 6.45) is 9.71. The maximum Gasteiger partial charge on any atom is 0.219 e. The van der Waals surface area contributed by atoms with Gasteiger partial charge >= 0.3 is 0 Å². The largest absolute Gasteiger partial charge is 0.377 e. The fraction of sp³-hybridized carbons (Fsp3) is 0.451. The minimum Gasteiger partial charge on any atom is -0.377 e. The number of carbonyl (C=O) groups is 2. The van der Waals surface area contributed by atoms with Gasteiger partial charge in [0, 0.05) is 137 Å². The van der Waals surface area contributed by atoms with E-state index in [-0.39, 0.29) is 11.8 Å². The molecule has 2 heterocycles. The summed E-state index contributed by atoms with van der Waals surface area (Å²) in [5.74, 6) is 0.264. The average molecular weight is 827 g/mol. The molecule has 6 aromatic rings. The van der Waals surface area contributed by atoms with Gasteiger partial charge in [0.2, 0.25) is 33.9 Å². The highest BCUT2D eigenvalue weighted by Crippen LogP contribution is 2.26. The molecule has 2 amide bonds. The highest BCUT2D eigenvalue weighted by molar-refractivity contribution is 5.92. The van der Waals surface area contributed by atoms with E-state index in [9.17, 15) is 9.59 Å². The zero-order chi connectivity index (χ0) is 43.1. The van der Waals surface area contributed by atoms with E-state index in [1.165, 1.54) is 66.1 Å². The van der Waals surface area contributed by atoms with E-state index in [1.54, 1.807) is 0 Å². The smallest absolute Gasteiger partial charge is 0.219 e. The molecule has 0 aliphatic carbocycles.